The van der Waals surface area contributed by atoms with Gasteiger partial charge in [0.1, 0.15) is 5.82 Å². The SMILES string of the molecule is CS(=O)(=O)Nc1ccc(-c2nc(Cc3ccccc3F)no2)cc1. The van der Waals surface area contributed by atoms with Crippen LogP contribution in [-0.2, 0) is 16.4 Å². The number of hydrogen-bond donors (Lipinski definition) is 1. The van der Waals surface area contributed by atoms with Crippen LogP contribution in [-0.4, -0.2) is 24.8 Å². The Morgan fingerprint density at radius 1 is 1.12 bits per heavy atom. The van der Waals surface area contributed by atoms with Gasteiger partial charge in [0, 0.05) is 17.7 Å². The van der Waals surface area contributed by atoms with Gasteiger partial charge in [-0.1, -0.05) is 23.4 Å². The minimum absolute atomic E-state index is 0.226. The summed E-state index contributed by atoms with van der Waals surface area (Å²) >= 11 is 0. The molecule has 3 aromatic rings. The van der Waals surface area contributed by atoms with Crippen molar-refractivity contribution < 1.29 is 17.3 Å². The molecule has 0 aliphatic heterocycles. The molecule has 3 rings (SSSR count). The molecule has 0 fully saturated rings. The quantitative estimate of drug-likeness (QED) is 0.767. The van der Waals surface area contributed by atoms with Crippen molar-refractivity contribution >= 4 is 15.7 Å². The number of benzene rings is 2. The molecular weight excluding hydrogens is 333 g/mol. The molecule has 6 nitrogen and oxygen atoms in total. The van der Waals surface area contributed by atoms with Gasteiger partial charge in [-0.2, -0.15) is 4.98 Å². The lowest BCUT2D eigenvalue weighted by Crippen LogP contribution is -2.09. The average Bonchev–Trinajstić information content (AvgIpc) is 2.97. The fraction of sp³-hybridized carbons (Fsp3) is 0.125. The smallest absolute Gasteiger partial charge is 0.257 e. The van der Waals surface area contributed by atoms with Crippen molar-refractivity contribution in [3.05, 3.63) is 65.7 Å². The average molecular weight is 347 g/mol. The van der Waals surface area contributed by atoms with Gasteiger partial charge in [-0.15, -0.1) is 0 Å². The fourth-order valence-electron chi connectivity index (χ4n) is 2.15. The number of nitrogens with zero attached hydrogens (tertiary/aromatic N) is 2. The topological polar surface area (TPSA) is 85.1 Å². The number of sulfonamides is 1. The van der Waals surface area contributed by atoms with E-state index in [4.69, 9.17) is 4.52 Å². The molecule has 0 radical (unpaired) electrons. The van der Waals surface area contributed by atoms with E-state index < -0.39 is 10.0 Å². The van der Waals surface area contributed by atoms with Gasteiger partial charge in [-0.05, 0) is 35.9 Å². The molecule has 0 spiro atoms. The van der Waals surface area contributed by atoms with Crippen molar-refractivity contribution in [1.29, 1.82) is 0 Å². The highest BCUT2D eigenvalue weighted by atomic mass is 32.2. The number of hydrogen-bond acceptors (Lipinski definition) is 5. The predicted octanol–water partition coefficient (Wildman–Crippen LogP) is 2.84. The molecule has 124 valence electrons. The van der Waals surface area contributed by atoms with Gasteiger partial charge in [0.25, 0.3) is 5.89 Å². The molecule has 24 heavy (non-hydrogen) atoms. The molecule has 0 aliphatic carbocycles. The number of rotatable bonds is 5. The summed E-state index contributed by atoms with van der Waals surface area (Å²) in [7, 11) is -3.33. The van der Waals surface area contributed by atoms with E-state index in [1.807, 2.05) is 0 Å². The largest absolute Gasteiger partial charge is 0.334 e. The van der Waals surface area contributed by atoms with E-state index >= 15 is 0 Å². The van der Waals surface area contributed by atoms with Crippen LogP contribution < -0.4 is 4.72 Å². The minimum atomic E-state index is -3.33. The van der Waals surface area contributed by atoms with Gasteiger partial charge >= 0.3 is 0 Å². The van der Waals surface area contributed by atoms with Crippen molar-refractivity contribution in [2.75, 3.05) is 11.0 Å². The Kier molecular flexibility index (Phi) is 4.30. The normalized spacial score (nSPS) is 11.4. The zero-order valence-corrected chi connectivity index (χ0v) is 13.5. The summed E-state index contributed by atoms with van der Waals surface area (Å²) in [5, 5.41) is 3.85. The molecule has 2 aromatic carbocycles. The van der Waals surface area contributed by atoms with Crippen LogP contribution in [0.3, 0.4) is 0 Å². The first-order valence-corrected chi connectivity index (χ1v) is 8.94. The molecule has 0 atom stereocenters. The first-order chi connectivity index (χ1) is 11.4. The van der Waals surface area contributed by atoms with Gasteiger partial charge < -0.3 is 4.52 Å². The zero-order valence-electron chi connectivity index (χ0n) is 12.7. The summed E-state index contributed by atoms with van der Waals surface area (Å²) in [5.74, 6) is 0.334. The summed E-state index contributed by atoms with van der Waals surface area (Å²) in [6, 6.07) is 12.9. The summed E-state index contributed by atoms with van der Waals surface area (Å²) in [5.41, 5.74) is 1.56. The zero-order chi connectivity index (χ0) is 17.2. The summed E-state index contributed by atoms with van der Waals surface area (Å²) in [6.07, 6.45) is 1.30. The Balaban J connectivity index is 1.77. The predicted molar refractivity (Wildman–Crippen MR) is 87.4 cm³/mol. The fourth-order valence-corrected chi connectivity index (χ4v) is 2.71. The molecule has 8 heteroatoms. The molecule has 1 aromatic heterocycles. The molecule has 0 bridgehead atoms. The number of nitrogens with one attached hydrogen (secondary N) is 1. The Labute approximate surface area is 138 Å². The van der Waals surface area contributed by atoms with Crippen molar-refractivity contribution in [2.45, 2.75) is 6.42 Å². The summed E-state index contributed by atoms with van der Waals surface area (Å²) < 4.78 is 43.5. The lowest BCUT2D eigenvalue weighted by molar-refractivity contribution is 0.423. The van der Waals surface area contributed by atoms with E-state index in [9.17, 15) is 12.8 Å². The van der Waals surface area contributed by atoms with Crippen LogP contribution in [0.5, 0.6) is 0 Å². The second-order valence-electron chi connectivity index (χ2n) is 5.24. The van der Waals surface area contributed by atoms with E-state index in [-0.39, 0.29) is 18.1 Å². The highest BCUT2D eigenvalue weighted by molar-refractivity contribution is 7.92. The third-order valence-electron chi connectivity index (χ3n) is 3.21. The number of halogens is 1. The lowest BCUT2D eigenvalue weighted by atomic mass is 10.1. The van der Waals surface area contributed by atoms with Gasteiger partial charge in [-0.3, -0.25) is 4.72 Å². The maximum atomic E-state index is 13.6. The number of anilines is 1. The summed E-state index contributed by atoms with van der Waals surface area (Å²) in [4.78, 5) is 4.24. The third-order valence-corrected chi connectivity index (χ3v) is 3.82. The second kappa shape index (κ2) is 6.40. The molecule has 0 amide bonds. The van der Waals surface area contributed by atoms with Crippen molar-refractivity contribution in [3.63, 3.8) is 0 Å². The van der Waals surface area contributed by atoms with E-state index in [0.717, 1.165) is 6.26 Å². The highest BCUT2D eigenvalue weighted by Gasteiger charge is 2.11. The molecule has 1 heterocycles. The molecule has 0 saturated carbocycles. The molecular formula is C16H14FN3O3S. The van der Waals surface area contributed by atoms with E-state index in [1.54, 1.807) is 42.5 Å². The Morgan fingerprint density at radius 3 is 2.50 bits per heavy atom. The van der Waals surface area contributed by atoms with Crippen LogP contribution in [0.2, 0.25) is 0 Å². The molecule has 0 unspecified atom stereocenters. The van der Waals surface area contributed by atoms with Crippen LogP contribution in [0.25, 0.3) is 11.5 Å². The number of aromatic nitrogens is 2. The van der Waals surface area contributed by atoms with Crippen LogP contribution in [0.4, 0.5) is 10.1 Å². The first-order valence-electron chi connectivity index (χ1n) is 7.05. The first kappa shape index (κ1) is 16.1. The Bertz CT molecular complexity index is 953. The molecule has 0 saturated heterocycles. The highest BCUT2D eigenvalue weighted by Crippen LogP contribution is 2.21. The van der Waals surface area contributed by atoms with Gasteiger partial charge in [0.15, 0.2) is 5.82 Å². The standard InChI is InChI=1S/C16H14FN3O3S/c1-24(21,22)20-13-8-6-11(7-9-13)16-18-15(19-23-16)10-12-4-2-3-5-14(12)17/h2-9,20H,10H2,1H3. The maximum Gasteiger partial charge on any atom is 0.257 e. The Morgan fingerprint density at radius 2 is 1.83 bits per heavy atom. The van der Waals surface area contributed by atoms with E-state index in [2.05, 4.69) is 14.9 Å². The summed E-state index contributed by atoms with van der Waals surface area (Å²) in [6.45, 7) is 0. The van der Waals surface area contributed by atoms with Crippen LogP contribution >= 0.6 is 0 Å². The van der Waals surface area contributed by atoms with Crippen LogP contribution in [0.1, 0.15) is 11.4 Å². The van der Waals surface area contributed by atoms with Gasteiger partial charge in [0.2, 0.25) is 10.0 Å². The second-order valence-corrected chi connectivity index (χ2v) is 6.98. The Hall–Kier alpha value is -2.74. The lowest BCUT2D eigenvalue weighted by Gasteiger charge is -2.03. The van der Waals surface area contributed by atoms with Gasteiger partial charge in [0.05, 0.1) is 6.26 Å². The molecule has 1 N–H and O–H groups in total. The van der Waals surface area contributed by atoms with Gasteiger partial charge in [-0.25, -0.2) is 12.8 Å². The van der Waals surface area contributed by atoms with Crippen LogP contribution in [0.15, 0.2) is 53.1 Å². The molecule has 0 aliphatic rings. The van der Waals surface area contributed by atoms with Crippen LogP contribution in [0, 0.1) is 5.82 Å². The minimum Gasteiger partial charge on any atom is -0.334 e. The van der Waals surface area contributed by atoms with Crippen molar-refractivity contribution in [1.82, 2.24) is 10.1 Å². The van der Waals surface area contributed by atoms with Crippen molar-refractivity contribution in [3.8, 4) is 11.5 Å². The van der Waals surface area contributed by atoms with E-state index in [1.165, 1.54) is 6.07 Å². The van der Waals surface area contributed by atoms with E-state index in [0.29, 0.717) is 22.6 Å². The maximum absolute atomic E-state index is 13.6. The third kappa shape index (κ3) is 3.96. The van der Waals surface area contributed by atoms with Crippen molar-refractivity contribution in [2.24, 2.45) is 0 Å². The monoisotopic (exact) mass is 347 g/mol.